The molecule has 3 heteroatoms. The van der Waals surface area contributed by atoms with Crippen LogP contribution in [-0.2, 0) is 0 Å². The third kappa shape index (κ3) is 5.59. The molecular formula is C41H31N3. The number of anilines is 6. The summed E-state index contributed by atoms with van der Waals surface area (Å²) in [5.74, 6) is 0. The van der Waals surface area contributed by atoms with Gasteiger partial charge in [-0.3, -0.25) is 4.98 Å². The molecule has 0 aliphatic heterocycles. The van der Waals surface area contributed by atoms with Gasteiger partial charge in [0.05, 0.1) is 11.4 Å². The fraction of sp³-hybridized carbons (Fsp3) is 0. The van der Waals surface area contributed by atoms with Crippen molar-refractivity contribution >= 4 is 34.1 Å². The van der Waals surface area contributed by atoms with E-state index in [-0.39, 0.29) is 0 Å². The Kier molecular flexibility index (Phi) is 7.66. The second-order valence-electron chi connectivity index (χ2n) is 10.5. The highest BCUT2D eigenvalue weighted by atomic mass is 15.1. The van der Waals surface area contributed by atoms with Crippen LogP contribution < -0.4 is 9.80 Å². The molecule has 0 aliphatic carbocycles. The fourth-order valence-electron chi connectivity index (χ4n) is 5.63. The lowest BCUT2D eigenvalue weighted by molar-refractivity contribution is 1.27. The molecule has 0 aliphatic rings. The topological polar surface area (TPSA) is 19.4 Å². The zero-order valence-corrected chi connectivity index (χ0v) is 24.2. The molecule has 3 nitrogen and oxygen atoms in total. The van der Waals surface area contributed by atoms with Crippen molar-refractivity contribution in [2.24, 2.45) is 0 Å². The third-order valence-electron chi connectivity index (χ3n) is 7.69. The minimum Gasteiger partial charge on any atom is -0.311 e. The van der Waals surface area contributed by atoms with Crippen molar-refractivity contribution in [1.29, 1.82) is 0 Å². The van der Waals surface area contributed by atoms with Crippen molar-refractivity contribution in [3.05, 3.63) is 188 Å². The van der Waals surface area contributed by atoms with E-state index in [1.807, 2.05) is 18.3 Å². The SMILES string of the molecule is c1ccc(N(c2ccccc2)c2ccc(-c3cc(-c4ccccc4N(c4ccccc4)c4ccccc4)ccn3)cc2)cc1. The van der Waals surface area contributed by atoms with Gasteiger partial charge in [0.15, 0.2) is 0 Å². The van der Waals surface area contributed by atoms with Gasteiger partial charge in [-0.1, -0.05) is 103 Å². The van der Waals surface area contributed by atoms with Crippen molar-refractivity contribution in [3.63, 3.8) is 0 Å². The van der Waals surface area contributed by atoms with Gasteiger partial charge in [-0.15, -0.1) is 0 Å². The maximum absolute atomic E-state index is 4.79. The van der Waals surface area contributed by atoms with Crippen molar-refractivity contribution in [3.8, 4) is 22.4 Å². The molecule has 0 N–H and O–H groups in total. The van der Waals surface area contributed by atoms with Gasteiger partial charge in [-0.25, -0.2) is 0 Å². The molecule has 7 rings (SSSR count). The average Bonchev–Trinajstić information content (AvgIpc) is 3.11. The van der Waals surface area contributed by atoms with Crippen LogP contribution in [0, 0.1) is 0 Å². The highest BCUT2D eigenvalue weighted by molar-refractivity contribution is 5.89. The minimum atomic E-state index is 0.931. The van der Waals surface area contributed by atoms with Crippen LogP contribution in [0.15, 0.2) is 188 Å². The van der Waals surface area contributed by atoms with Gasteiger partial charge in [-0.2, -0.15) is 0 Å². The summed E-state index contributed by atoms with van der Waals surface area (Å²) >= 11 is 0. The van der Waals surface area contributed by atoms with Crippen molar-refractivity contribution < 1.29 is 0 Å². The van der Waals surface area contributed by atoms with Crippen LogP contribution in [-0.4, -0.2) is 4.98 Å². The Morgan fingerprint density at radius 1 is 0.341 bits per heavy atom. The molecule has 0 spiro atoms. The second-order valence-corrected chi connectivity index (χ2v) is 10.5. The minimum absolute atomic E-state index is 0.931. The molecule has 6 aromatic carbocycles. The fourth-order valence-corrected chi connectivity index (χ4v) is 5.63. The molecular weight excluding hydrogens is 534 g/mol. The Labute approximate surface area is 259 Å². The van der Waals surface area contributed by atoms with Crippen molar-refractivity contribution in [2.75, 3.05) is 9.80 Å². The van der Waals surface area contributed by atoms with Gasteiger partial charge < -0.3 is 9.80 Å². The Balaban J connectivity index is 1.26. The standard InChI is InChI=1S/C41H31N3/c1-5-15-34(16-6-1)43(35-17-7-2-8-18-35)38-27-25-32(26-28-38)40-31-33(29-30-42-40)39-23-13-14-24-41(39)44(36-19-9-3-10-20-36)37-21-11-4-12-22-37/h1-31H. The number of hydrogen-bond acceptors (Lipinski definition) is 3. The van der Waals surface area contributed by atoms with Crippen molar-refractivity contribution in [2.45, 2.75) is 0 Å². The van der Waals surface area contributed by atoms with Crippen LogP contribution in [0.25, 0.3) is 22.4 Å². The molecule has 0 bridgehead atoms. The predicted octanol–water partition coefficient (Wildman–Crippen LogP) is 11.4. The van der Waals surface area contributed by atoms with Gasteiger partial charge in [0.1, 0.15) is 0 Å². The summed E-state index contributed by atoms with van der Waals surface area (Å²) in [4.78, 5) is 9.37. The Bertz CT molecular complexity index is 1860. The smallest absolute Gasteiger partial charge is 0.0708 e. The Morgan fingerprint density at radius 3 is 1.30 bits per heavy atom. The second kappa shape index (κ2) is 12.5. The first-order valence-corrected chi connectivity index (χ1v) is 14.8. The van der Waals surface area contributed by atoms with E-state index in [1.54, 1.807) is 0 Å². The van der Waals surface area contributed by atoms with Gasteiger partial charge in [0.2, 0.25) is 0 Å². The quantitative estimate of drug-likeness (QED) is 0.183. The average molecular weight is 566 g/mol. The summed E-state index contributed by atoms with van der Waals surface area (Å²) < 4.78 is 0. The lowest BCUT2D eigenvalue weighted by Crippen LogP contribution is -2.11. The summed E-state index contributed by atoms with van der Waals surface area (Å²) in [5.41, 5.74) is 10.9. The molecule has 0 radical (unpaired) electrons. The van der Waals surface area contributed by atoms with Gasteiger partial charge in [0, 0.05) is 45.8 Å². The van der Waals surface area contributed by atoms with Crippen LogP contribution in [0.5, 0.6) is 0 Å². The van der Waals surface area contributed by atoms with E-state index < -0.39 is 0 Å². The first-order chi connectivity index (χ1) is 21.8. The number of pyridine rings is 1. The van der Waals surface area contributed by atoms with Crippen LogP contribution >= 0.6 is 0 Å². The van der Waals surface area contributed by atoms with E-state index >= 15 is 0 Å². The zero-order valence-electron chi connectivity index (χ0n) is 24.2. The lowest BCUT2D eigenvalue weighted by atomic mass is 10.00. The molecule has 0 unspecified atom stereocenters. The van der Waals surface area contributed by atoms with E-state index in [0.717, 1.165) is 56.5 Å². The number of aromatic nitrogens is 1. The number of nitrogens with zero attached hydrogens (tertiary/aromatic N) is 3. The molecule has 0 amide bonds. The highest BCUT2D eigenvalue weighted by Gasteiger charge is 2.17. The Morgan fingerprint density at radius 2 is 0.773 bits per heavy atom. The molecule has 7 aromatic rings. The maximum Gasteiger partial charge on any atom is 0.0708 e. The Hall–Kier alpha value is -5.93. The summed E-state index contributed by atoms with van der Waals surface area (Å²) in [6.07, 6.45) is 1.91. The van der Waals surface area contributed by atoms with Crippen LogP contribution in [0.3, 0.4) is 0 Å². The molecule has 0 saturated heterocycles. The van der Waals surface area contributed by atoms with E-state index in [2.05, 4.69) is 180 Å². The lowest BCUT2D eigenvalue weighted by Gasteiger charge is -2.27. The van der Waals surface area contributed by atoms with Gasteiger partial charge in [0.25, 0.3) is 0 Å². The zero-order chi connectivity index (χ0) is 29.6. The largest absolute Gasteiger partial charge is 0.311 e. The molecule has 0 atom stereocenters. The van der Waals surface area contributed by atoms with Crippen LogP contribution in [0.2, 0.25) is 0 Å². The third-order valence-corrected chi connectivity index (χ3v) is 7.69. The van der Waals surface area contributed by atoms with E-state index in [9.17, 15) is 0 Å². The molecule has 0 fully saturated rings. The first kappa shape index (κ1) is 26.9. The van der Waals surface area contributed by atoms with Gasteiger partial charge >= 0.3 is 0 Å². The summed E-state index contributed by atoms with van der Waals surface area (Å²) in [6.45, 7) is 0. The maximum atomic E-state index is 4.79. The van der Waals surface area contributed by atoms with Gasteiger partial charge in [-0.05, 0) is 84.4 Å². The monoisotopic (exact) mass is 565 g/mol. The number of para-hydroxylation sites is 5. The predicted molar refractivity (Wildman–Crippen MR) is 184 cm³/mol. The van der Waals surface area contributed by atoms with E-state index in [4.69, 9.17) is 4.98 Å². The number of rotatable bonds is 8. The van der Waals surface area contributed by atoms with E-state index in [0.29, 0.717) is 0 Å². The normalized spacial score (nSPS) is 10.7. The number of benzene rings is 6. The van der Waals surface area contributed by atoms with Crippen LogP contribution in [0.1, 0.15) is 0 Å². The summed E-state index contributed by atoms with van der Waals surface area (Å²) in [7, 11) is 0. The first-order valence-electron chi connectivity index (χ1n) is 14.8. The summed E-state index contributed by atoms with van der Waals surface area (Å²) in [6, 6.07) is 63.5. The molecule has 0 saturated carbocycles. The van der Waals surface area contributed by atoms with Crippen molar-refractivity contribution in [1.82, 2.24) is 4.98 Å². The molecule has 1 heterocycles. The summed E-state index contributed by atoms with van der Waals surface area (Å²) in [5, 5.41) is 0. The molecule has 44 heavy (non-hydrogen) atoms. The molecule has 210 valence electrons. The molecule has 1 aromatic heterocycles. The van der Waals surface area contributed by atoms with E-state index in [1.165, 1.54) is 0 Å². The highest BCUT2D eigenvalue weighted by Crippen LogP contribution is 2.41. The van der Waals surface area contributed by atoms with Crippen LogP contribution in [0.4, 0.5) is 34.1 Å². The number of hydrogen-bond donors (Lipinski definition) is 0.